The number of β-amino-alcohol motifs (C(OH)–C–C–N with tert-alkyl or cyclic N) is 1. The fourth-order valence-corrected chi connectivity index (χ4v) is 2.73. The predicted molar refractivity (Wildman–Crippen MR) is 87.2 cm³/mol. The number of oxazole rings is 1. The van der Waals surface area contributed by atoms with E-state index in [0.29, 0.717) is 31.1 Å². The lowest BCUT2D eigenvalue weighted by atomic mass is 10.1. The lowest BCUT2D eigenvalue weighted by Crippen LogP contribution is -2.36. The summed E-state index contributed by atoms with van der Waals surface area (Å²) in [6, 6.07) is 5.42. The van der Waals surface area contributed by atoms with Crippen LogP contribution in [-0.2, 0) is 0 Å². The van der Waals surface area contributed by atoms with Crippen molar-refractivity contribution in [3.8, 4) is 11.5 Å². The van der Waals surface area contributed by atoms with Gasteiger partial charge in [-0.15, -0.1) is 0 Å². The third-order valence-electron chi connectivity index (χ3n) is 4.08. The molecule has 0 saturated carbocycles. The lowest BCUT2D eigenvalue weighted by molar-refractivity contribution is 0.0727. The Labute approximate surface area is 135 Å². The van der Waals surface area contributed by atoms with Crippen molar-refractivity contribution in [2.24, 2.45) is 0 Å². The highest BCUT2D eigenvalue weighted by Gasteiger charge is 2.34. The van der Waals surface area contributed by atoms with Crippen LogP contribution in [0.4, 0.5) is 10.5 Å². The van der Waals surface area contributed by atoms with Crippen molar-refractivity contribution in [2.75, 3.05) is 18.4 Å². The number of hydrogen-bond acceptors (Lipinski definition) is 4. The standard InChI is InChI=1S/C17H21N3O3/c1-11-4-5-13(8-14(11)15-18-12(2)9-23-15)19-16(21)20-7-6-17(3,22)10-20/h4-5,8-9,22H,6-7,10H2,1-3H3,(H,19,21)/t17-/m0/s1. The molecule has 122 valence electrons. The molecule has 1 aliphatic heterocycles. The first kappa shape index (κ1) is 15.6. The van der Waals surface area contributed by atoms with Gasteiger partial charge in [0.15, 0.2) is 0 Å². The second kappa shape index (κ2) is 5.70. The lowest BCUT2D eigenvalue weighted by Gasteiger charge is -2.19. The molecule has 0 aliphatic carbocycles. The second-order valence-corrected chi connectivity index (χ2v) is 6.42. The molecule has 2 heterocycles. The van der Waals surface area contributed by atoms with Crippen molar-refractivity contribution in [1.82, 2.24) is 9.88 Å². The molecule has 6 heteroatoms. The van der Waals surface area contributed by atoms with Gasteiger partial charge in [0.1, 0.15) is 6.26 Å². The number of carbonyl (C=O) groups is 1. The third kappa shape index (κ3) is 3.37. The molecule has 1 aromatic carbocycles. The number of nitrogens with one attached hydrogen (secondary N) is 1. The van der Waals surface area contributed by atoms with Crippen LogP contribution in [0.2, 0.25) is 0 Å². The van der Waals surface area contributed by atoms with E-state index in [9.17, 15) is 9.90 Å². The molecule has 1 aromatic heterocycles. The van der Waals surface area contributed by atoms with E-state index in [1.807, 2.05) is 32.0 Å². The van der Waals surface area contributed by atoms with Gasteiger partial charge in [0, 0.05) is 17.8 Å². The van der Waals surface area contributed by atoms with Gasteiger partial charge >= 0.3 is 6.03 Å². The molecule has 1 atom stereocenters. The van der Waals surface area contributed by atoms with E-state index in [1.165, 1.54) is 0 Å². The number of aliphatic hydroxyl groups is 1. The number of aryl methyl sites for hydroxylation is 2. The summed E-state index contributed by atoms with van der Waals surface area (Å²) >= 11 is 0. The number of likely N-dealkylation sites (tertiary alicyclic amines) is 1. The summed E-state index contributed by atoms with van der Waals surface area (Å²) in [4.78, 5) is 18.3. The average molecular weight is 315 g/mol. The van der Waals surface area contributed by atoms with Crippen molar-refractivity contribution in [3.63, 3.8) is 0 Å². The summed E-state index contributed by atoms with van der Waals surface area (Å²) in [5, 5.41) is 12.8. The topological polar surface area (TPSA) is 78.6 Å². The number of rotatable bonds is 2. The van der Waals surface area contributed by atoms with Gasteiger partial charge in [-0.25, -0.2) is 9.78 Å². The number of benzene rings is 1. The van der Waals surface area contributed by atoms with Gasteiger partial charge in [-0.2, -0.15) is 0 Å². The number of aromatic nitrogens is 1. The van der Waals surface area contributed by atoms with Gasteiger partial charge in [0.2, 0.25) is 5.89 Å². The zero-order valence-corrected chi connectivity index (χ0v) is 13.6. The van der Waals surface area contributed by atoms with Gasteiger partial charge in [0.05, 0.1) is 17.8 Å². The minimum absolute atomic E-state index is 0.207. The van der Waals surface area contributed by atoms with E-state index < -0.39 is 5.60 Å². The highest BCUT2D eigenvalue weighted by atomic mass is 16.3. The molecule has 1 saturated heterocycles. The van der Waals surface area contributed by atoms with Crippen LogP contribution in [0.15, 0.2) is 28.9 Å². The summed E-state index contributed by atoms with van der Waals surface area (Å²) in [6.45, 7) is 6.48. The molecule has 2 N–H and O–H groups in total. The Bertz CT molecular complexity index is 736. The minimum atomic E-state index is -0.800. The molecular weight excluding hydrogens is 294 g/mol. The number of amides is 2. The van der Waals surface area contributed by atoms with Crippen molar-refractivity contribution >= 4 is 11.7 Å². The Hall–Kier alpha value is -2.34. The monoisotopic (exact) mass is 315 g/mol. The highest BCUT2D eigenvalue weighted by Crippen LogP contribution is 2.27. The minimum Gasteiger partial charge on any atom is -0.444 e. The Morgan fingerprint density at radius 2 is 2.22 bits per heavy atom. The Kier molecular flexibility index (Phi) is 3.85. The zero-order valence-electron chi connectivity index (χ0n) is 13.6. The molecule has 2 amide bonds. The van der Waals surface area contributed by atoms with E-state index in [-0.39, 0.29) is 6.03 Å². The van der Waals surface area contributed by atoms with Crippen molar-refractivity contribution in [3.05, 3.63) is 35.7 Å². The maximum absolute atomic E-state index is 12.3. The number of carbonyl (C=O) groups excluding carboxylic acids is 1. The molecule has 3 rings (SSSR count). The Morgan fingerprint density at radius 1 is 1.43 bits per heavy atom. The van der Waals surface area contributed by atoms with Crippen LogP contribution in [-0.4, -0.2) is 39.7 Å². The molecule has 0 bridgehead atoms. The first-order chi connectivity index (χ1) is 10.8. The largest absolute Gasteiger partial charge is 0.444 e. The van der Waals surface area contributed by atoms with Crippen LogP contribution in [0.1, 0.15) is 24.6 Å². The number of urea groups is 1. The Morgan fingerprint density at radius 3 is 2.83 bits per heavy atom. The molecule has 1 aliphatic rings. The highest BCUT2D eigenvalue weighted by molar-refractivity contribution is 5.90. The maximum atomic E-state index is 12.3. The number of hydrogen-bond donors (Lipinski definition) is 2. The van der Waals surface area contributed by atoms with Crippen LogP contribution in [0.3, 0.4) is 0 Å². The van der Waals surface area contributed by atoms with Gasteiger partial charge in [-0.1, -0.05) is 6.07 Å². The SMILES string of the molecule is Cc1coc(-c2cc(NC(=O)N3CC[C@](C)(O)C3)ccc2C)n1. The average Bonchev–Trinajstić information content (AvgIpc) is 3.06. The van der Waals surface area contributed by atoms with Crippen LogP contribution in [0.5, 0.6) is 0 Å². The molecule has 6 nitrogen and oxygen atoms in total. The van der Waals surface area contributed by atoms with Crippen LogP contribution in [0.25, 0.3) is 11.5 Å². The summed E-state index contributed by atoms with van der Waals surface area (Å²) in [7, 11) is 0. The summed E-state index contributed by atoms with van der Waals surface area (Å²) < 4.78 is 5.45. The maximum Gasteiger partial charge on any atom is 0.321 e. The molecule has 1 fully saturated rings. The van der Waals surface area contributed by atoms with Crippen molar-refractivity contribution in [2.45, 2.75) is 32.8 Å². The molecule has 0 spiro atoms. The molecule has 23 heavy (non-hydrogen) atoms. The fraction of sp³-hybridized carbons (Fsp3) is 0.412. The second-order valence-electron chi connectivity index (χ2n) is 6.42. The molecular formula is C17H21N3O3. The predicted octanol–water partition coefficient (Wildman–Crippen LogP) is 2.95. The summed E-state index contributed by atoms with van der Waals surface area (Å²) in [5.41, 5.74) is 2.56. The normalized spacial score (nSPS) is 20.8. The smallest absolute Gasteiger partial charge is 0.321 e. The summed E-state index contributed by atoms with van der Waals surface area (Å²) in [5.74, 6) is 0.542. The van der Waals surface area contributed by atoms with E-state index >= 15 is 0 Å². The van der Waals surface area contributed by atoms with Crippen LogP contribution < -0.4 is 5.32 Å². The number of nitrogens with zero attached hydrogens (tertiary/aromatic N) is 2. The number of anilines is 1. The zero-order chi connectivity index (χ0) is 16.6. The van der Waals surface area contributed by atoms with Crippen molar-refractivity contribution < 1.29 is 14.3 Å². The Balaban J connectivity index is 1.78. The summed E-state index contributed by atoms with van der Waals surface area (Å²) in [6.07, 6.45) is 2.20. The van der Waals surface area contributed by atoms with Crippen LogP contribution >= 0.6 is 0 Å². The van der Waals surface area contributed by atoms with Gasteiger partial charge in [0.25, 0.3) is 0 Å². The molecule has 2 aromatic rings. The fourth-order valence-electron chi connectivity index (χ4n) is 2.73. The van der Waals surface area contributed by atoms with Gasteiger partial charge < -0.3 is 19.7 Å². The first-order valence-electron chi connectivity index (χ1n) is 7.65. The van der Waals surface area contributed by atoms with Crippen LogP contribution in [0, 0.1) is 13.8 Å². The third-order valence-corrected chi connectivity index (χ3v) is 4.08. The van der Waals surface area contributed by atoms with E-state index in [4.69, 9.17) is 4.42 Å². The van der Waals surface area contributed by atoms with E-state index in [0.717, 1.165) is 16.8 Å². The quantitative estimate of drug-likeness (QED) is 0.893. The van der Waals surface area contributed by atoms with Gasteiger partial charge in [-0.3, -0.25) is 0 Å². The molecule has 0 unspecified atom stereocenters. The van der Waals surface area contributed by atoms with Crippen molar-refractivity contribution in [1.29, 1.82) is 0 Å². The molecule has 0 radical (unpaired) electrons. The first-order valence-corrected chi connectivity index (χ1v) is 7.65. The van der Waals surface area contributed by atoms with E-state index in [1.54, 1.807) is 18.1 Å². The van der Waals surface area contributed by atoms with E-state index in [2.05, 4.69) is 10.3 Å². The van der Waals surface area contributed by atoms with Gasteiger partial charge in [-0.05, 0) is 44.9 Å².